The summed E-state index contributed by atoms with van der Waals surface area (Å²) in [5.41, 5.74) is 2.15. The largest absolute Gasteiger partial charge is 0.345 e. The maximum atomic E-state index is 14.4. The van der Waals surface area contributed by atoms with Crippen LogP contribution in [0, 0.1) is 25.6 Å². The Bertz CT molecular complexity index is 950. The normalized spacial score (nSPS) is 15.2. The molecule has 0 spiro atoms. The molecule has 2 aromatic rings. The van der Waals surface area contributed by atoms with Gasteiger partial charge in [0.1, 0.15) is 5.82 Å². The molecule has 1 unspecified atom stereocenters. The van der Waals surface area contributed by atoms with Crippen molar-refractivity contribution in [1.82, 2.24) is 9.88 Å². The summed E-state index contributed by atoms with van der Waals surface area (Å²) in [6.07, 6.45) is 3.82. The minimum absolute atomic E-state index is 0.127. The van der Waals surface area contributed by atoms with Gasteiger partial charge in [0.2, 0.25) is 0 Å². The fourth-order valence-corrected chi connectivity index (χ4v) is 4.35. The Labute approximate surface area is 173 Å². The number of rotatable bonds is 6. The number of pyridine rings is 1. The van der Waals surface area contributed by atoms with Gasteiger partial charge >= 0.3 is 0 Å². The molecule has 4 nitrogen and oxygen atoms in total. The second-order valence-electron chi connectivity index (χ2n) is 7.52. The molecule has 28 heavy (non-hydrogen) atoms. The topological polar surface area (TPSA) is 51.1 Å². The van der Waals surface area contributed by atoms with Crippen LogP contribution in [-0.2, 0) is 6.54 Å². The highest BCUT2D eigenvalue weighted by Gasteiger charge is 2.32. The molecule has 0 saturated heterocycles. The first-order valence-corrected chi connectivity index (χ1v) is 10.6. The van der Waals surface area contributed by atoms with Gasteiger partial charge in [-0.2, -0.15) is 0 Å². The summed E-state index contributed by atoms with van der Waals surface area (Å²) < 4.78 is 16.5. The molecule has 1 atom stereocenters. The van der Waals surface area contributed by atoms with Crippen molar-refractivity contribution in [3.63, 3.8) is 0 Å². The van der Waals surface area contributed by atoms with Crippen LogP contribution in [-0.4, -0.2) is 10.5 Å². The smallest absolute Gasteiger partial charge is 0.265 e. The van der Waals surface area contributed by atoms with Crippen LogP contribution >= 0.6 is 15.9 Å². The van der Waals surface area contributed by atoms with Crippen LogP contribution in [0.5, 0.6) is 0 Å². The van der Waals surface area contributed by atoms with Gasteiger partial charge in [0, 0.05) is 17.8 Å². The van der Waals surface area contributed by atoms with E-state index < -0.39 is 0 Å². The van der Waals surface area contributed by atoms with Crippen LogP contribution in [0.2, 0.25) is 0 Å². The first-order valence-electron chi connectivity index (χ1n) is 9.81. The van der Waals surface area contributed by atoms with E-state index >= 15 is 0 Å². The molecule has 6 heteroatoms. The lowest BCUT2D eigenvalue weighted by atomic mass is 9.77. The van der Waals surface area contributed by atoms with Crippen molar-refractivity contribution >= 4 is 21.8 Å². The highest BCUT2D eigenvalue weighted by atomic mass is 79.9. The Balaban J connectivity index is 2.01. The number of carbonyl (C=O) groups is 1. The van der Waals surface area contributed by atoms with E-state index in [0.29, 0.717) is 33.4 Å². The predicted molar refractivity (Wildman–Crippen MR) is 112 cm³/mol. The SMILES string of the molecule is CCCn1c(C)c(C(=O)NC(c2ccccc2F)C2CCC2)c(C)c(Br)c1=O. The van der Waals surface area contributed by atoms with Gasteiger partial charge in [-0.3, -0.25) is 9.59 Å². The van der Waals surface area contributed by atoms with Crippen LogP contribution in [0.1, 0.15) is 65.8 Å². The van der Waals surface area contributed by atoms with E-state index in [4.69, 9.17) is 0 Å². The molecule has 1 aliphatic carbocycles. The average Bonchev–Trinajstić information content (AvgIpc) is 2.62. The van der Waals surface area contributed by atoms with E-state index in [2.05, 4.69) is 21.2 Å². The highest BCUT2D eigenvalue weighted by Crippen LogP contribution is 2.39. The van der Waals surface area contributed by atoms with E-state index in [1.165, 1.54) is 6.07 Å². The number of amides is 1. The summed E-state index contributed by atoms with van der Waals surface area (Å²) in [5.74, 6) is -0.336. The van der Waals surface area contributed by atoms with E-state index in [-0.39, 0.29) is 29.2 Å². The summed E-state index contributed by atoms with van der Waals surface area (Å²) in [6, 6.07) is 6.26. The molecule has 1 fully saturated rings. The fourth-order valence-electron chi connectivity index (χ4n) is 3.94. The second-order valence-corrected chi connectivity index (χ2v) is 8.31. The first kappa shape index (κ1) is 20.8. The van der Waals surface area contributed by atoms with Gasteiger partial charge in [-0.1, -0.05) is 31.5 Å². The van der Waals surface area contributed by atoms with Crippen molar-refractivity contribution in [3.8, 4) is 0 Å². The van der Waals surface area contributed by atoms with Crippen molar-refractivity contribution in [2.75, 3.05) is 0 Å². The van der Waals surface area contributed by atoms with Crippen molar-refractivity contribution in [3.05, 3.63) is 67.3 Å². The predicted octanol–water partition coefficient (Wildman–Crippen LogP) is 5.05. The van der Waals surface area contributed by atoms with Gasteiger partial charge in [0.05, 0.1) is 16.1 Å². The summed E-state index contributed by atoms with van der Waals surface area (Å²) in [6.45, 7) is 6.10. The average molecular weight is 449 g/mol. The monoisotopic (exact) mass is 448 g/mol. The number of hydrogen-bond donors (Lipinski definition) is 1. The molecule has 0 aliphatic heterocycles. The van der Waals surface area contributed by atoms with Gasteiger partial charge in [0.15, 0.2) is 0 Å². The molecular weight excluding hydrogens is 423 g/mol. The van der Waals surface area contributed by atoms with Crippen LogP contribution in [0.4, 0.5) is 4.39 Å². The fraction of sp³-hybridized carbons (Fsp3) is 0.455. The van der Waals surface area contributed by atoms with Crippen molar-refractivity contribution < 1.29 is 9.18 Å². The maximum Gasteiger partial charge on any atom is 0.265 e. The number of carbonyl (C=O) groups excluding carboxylic acids is 1. The number of hydrogen-bond acceptors (Lipinski definition) is 2. The molecule has 0 radical (unpaired) electrons. The van der Waals surface area contributed by atoms with Gasteiger partial charge in [-0.25, -0.2) is 4.39 Å². The quantitative estimate of drug-likeness (QED) is 0.671. The molecule has 1 amide bonds. The standard InChI is InChI=1S/C22H26BrFN2O2/c1-4-12-26-14(3)18(13(2)19(23)22(26)28)21(27)25-20(15-8-7-9-15)16-10-5-6-11-17(16)24/h5-6,10-11,15,20H,4,7-9,12H2,1-3H3,(H,25,27). The number of halogens is 2. The molecule has 150 valence electrons. The number of nitrogens with one attached hydrogen (secondary N) is 1. The molecule has 1 heterocycles. The Morgan fingerprint density at radius 1 is 1.32 bits per heavy atom. The van der Waals surface area contributed by atoms with Crippen LogP contribution < -0.4 is 10.9 Å². The van der Waals surface area contributed by atoms with Crippen LogP contribution in [0.15, 0.2) is 33.5 Å². The molecule has 0 bridgehead atoms. The molecule has 3 rings (SSSR count). The third-order valence-electron chi connectivity index (χ3n) is 5.73. The summed E-state index contributed by atoms with van der Waals surface area (Å²) in [4.78, 5) is 25.8. The minimum Gasteiger partial charge on any atom is -0.345 e. The third kappa shape index (κ3) is 3.79. The zero-order valence-electron chi connectivity index (χ0n) is 16.5. The molecule has 1 N–H and O–H groups in total. The van der Waals surface area contributed by atoms with Gasteiger partial charge in [0.25, 0.3) is 11.5 Å². The Kier molecular flexibility index (Phi) is 6.38. The number of benzene rings is 1. The molecule has 1 aromatic carbocycles. The first-order chi connectivity index (χ1) is 13.4. The van der Waals surface area contributed by atoms with Crippen LogP contribution in [0.25, 0.3) is 0 Å². The molecule has 1 aliphatic rings. The van der Waals surface area contributed by atoms with Crippen molar-refractivity contribution in [1.29, 1.82) is 0 Å². The molecule has 1 saturated carbocycles. The lowest BCUT2D eigenvalue weighted by molar-refractivity contribution is 0.0896. The number of aromatic nitrogens is 1. The third-order valence-corrected chi connectivity index (χ3v) is 6.66. The zero-order chi connectivity index (χ0) is 20.4. The summed E-state index contributed by atoms with van der Waals surface area (Å²) in [5, 5.41) is 3.07. The van der Waals surface area contributed by atoms with E-state index in [0.717, 1.165) is 25.7 Å². The Morgan fingerprint density at radius 2 is 2.00 bits per heavy atom. The molecular formula is C22H26BrFN2O2. The maximum absolute atomic E-state index is 14.4. The van der Waals surface area contributed by atoms with E-state index in [9.17, 15) is 14.0 Å². The Morgan fingerprint density at radius 3 is 2.57 bits per heavy atom. The van der Waals surface area contributed by atoms with Crippen LogP contribution in [0.3, 0.4) is 0 Å². The van der Waals surface area contributed by atoms with Crippen molar-refractivity contribution in [2.45, 2.75) is 59.0 Å². The minimum atomic E-state index is -0.369. The van der Waals surface area contributed by atoms with E-state index in [1.54, 1.807) is 36.6 Å². The van der Waals surface area contributed by atoms with Crippen molar-refractivity contribution in [2.24, 2.45) is 5.92 Å². The lowest BCUT2D eigenvalue weighted by Gasteiger charge is -2.35. The summed E-state index contributed by atoms with van der Waals surface area (Å²) in [7, 11) is 0. The lowest BCUT2D eigenvalue weighted by Crippen LogP contribution is -2.38. The number of nitrogens with zero attached hydrogens (tertiary/aromatic N) is 1. The zero-order valence-corrected chi connectivity index (χ0v) is 18.1. The van der Waals surface area contributed by atoms with E-state index in [1.807, 2.05) is 6.92 Å². The second kappa shape index (κ2) is 8.60. The highest BCUT2D eigenvalue weighted by molar-refractivity contribution is 9.10. The van der Waals surface area contributed by atoms with Gasteiger partial charge in [-0.05, 0) is 66.6 Å². The summed E-state index contributed by atoms with van der Waals surface area (Å²) >= 11 is 3.36. The Hall–Kier alpha value is -1.95. The van der Waals surface area contributed by atoms with Gasteiger partial charge < -0.3 is 9.88 Å². The van der Waals surface area contributed by atoms with Gasteiger partial charge in [-0.15, -0.1) is 0 Å². The molecule has 1 aromatic heterocycles.